The van der Waals surface area contributed by atoms with Crippen LogP contribution < -0.4 is 10.6 Å². The van der Waals surface area contributed by atoms with E-state index in [1.54, 1.807) is 47.2 Å². The highest BCUT2D eigenvalue weighted by Crippen LogP contribution is 2.22. The first kappa shape index (κ1) is 22.7. The highest BCUT2D eigenvalue weighted by atomic mass is 19.1. The molecule has 9 heteroatoms. The van der Waals surface area contributed by atoms with E-state index in [0.29, 0.717) is 16.6 Å². The van der Waals surface area contributed by atoms with Gasteiger partial charge in [0.15, 0.2) is 0 Å². The van der Waals surface area contributed by atoms with Gasteiger partial charge in [-0.25, -0.2) is 4.39 Å². The van der Waals surface area contributed by atoms with E-state index in [9.17, 15) is 24.1 Å². The molecule has 34 heavy (non-hydrogen) atoms. The van der Waals surface area contributed by atoms with Crippen molar-refractivity contribution < 1.29 is 18.9 Å². The van der Waals surface area contributed by atoms with Crippen LogP contribution in [0.3, 0.4) is 0 Å². The Morgan fingerprint density at radius 2 is 1.74 bits per heavy atom. The number of hydrogen-bond acceptors (Lipinski definition) is 4. The number of nitro benzene ring substituents is 1. The molecule has 1 atom stereocenters. The molecule has 4 aromatic rings. The number of amides is 2. The SMILES string of the molecule is CC(NC(=O)Cn1ccc2cc([N+](=O)[O-])ccc21)c1ccc(NC(=O)c2ccc(F)cc2)cc1. The fraction of sp³-hybridized carbons (Fsp3) is 0.120. The minimum Gasteiger partial charge on any atom is -0.348 e. The number of nitrogens with zero attached hydrogens (tertiary/aromatic N) is 2. The number of hydrogen-bond donors (Lipinski definition) is 2. The molecule has 0 spiro atoms. The standard InChI is InChI=1S/C25H21FN4O4/c1-16(17-4-8-21(9-5-17)28-25(32)18-2-6-20(26)7-3-18)27-24(31)15-29-13-12-19-14-22(30(33)34)10-11-23(19)29/h2-14,16H,15H2,1H3,(H,27,31)(H,28,32). The highest BCUT2D eigenvalue weighted by molar-refractivity contribution is 6.04. The predicted molar refractivity (Wildman–Crippen MR) is 126 cm³/mol. The molecule has 4 rings (SSSR count). The first-order chi connectivity index (χ1) is 16.3. The van der Waals surface area contributed by atoms with Crippen molar-refractivity contribution in [1.29, 1.82) is 0 Å². The van der Waals surface area contributed by atoms with Crippen molar-refractivity contribution in [2.45, 2.75) is 19.5 Å². The Bertz CT molecular complexity index is 1360. The molecule has 0 aliphatic rings. The third-order valence-corrected chi connectivity index (χ3v) is 5.43. The summed E-state index contributed by atoms with van der Waals surface area (Å²) in [6.45, 7) is 1.92. The summed E-state index contributed by atoms with van der Waals surface area (Å²) in [4.78, 5) is 35.3. The van der Waals surface area contributed by atoms with Crippen LogP contribution in [0.15, 0.2) is 79.0 Å². The number of carbonyl (C=O) groups is 2. The Kier molecular flexibility index (Phi) is 6.35. The highest BCUT2D eigenvalue weighted by Gasteiger charge is 2.14. The Morgan fingerprint density at radius 1 is 1.03 bits per heavy atom. The van der Waals surface area contributed by atoms with E-state index < -0.39 is 10.7 Å². The zero-order valence-electron chi connectivity index (χ0n) is 18.2. The molecule has 0 radical (unpaired) electrons. The fourth-order valence-corrected chi connectivity index (χ4v) is 3.62. The summed E-state index contributed by atoms with van der Waals surface area (Å²) in [5.41, 5.74) is 2.50. The number of halogens is 1. The van der Waals surface area contributed by atoms with Gasteiger partial charge >= 0.3 is 0 Å². The first-order valence-electron chi connectivity index (χ1n) is 10.5. The van der Waals surface area contributed by atoms with E-state index in [4.69, 9.17) is 0 Å². The second-order valence-corrected chi connectivity index (χ2v) is 7.82. The van der Waals surface area contributed by atoms with Crippen LogP contribution in [-0.4, -0.2) is 21.3 Å². The summed E-state index contributed by atoms with van der Waals surface area (Å²) in [7, 11) is 0. The average Bonchev–Trinajstić information content (AvgIpc) is 3.21. The molecule has 3 aromatic carbocycles. The van der Waals surface area contributed by atoms with Gasteiger partial charge in [-0.15, -0.1) is 0 Å². The van der Waals surface area contributed by atoms with Crippen LogP contribution in [0.2, 0.25) is 0 Å². The zero-order valence-corrected chi connectivity index (χ0v) is 18.2. The molecule has 0 saturated heterocycles. The number of benzene rings is 3. The maximum atomic E-state index is 13.0. The molecule has 1 heterocycles. The quantitative estimate of drug-likeness (QED) is 0.305. The fourth-order valence-electron chi connectivity index (χ4n) is 3.62. The van der Waals surface area contributed by atoms with Gasteiger partial charge in [-0.05, 0) is 61.0 Å². The molecule has 2 N–H and O–H groups in total. The number of anilines is 1. The Hall–Kier alpha value is -4.53. The molecule has 2 amide bonds. The summed E-state index contributed by atoms with van der Waals surface area (Å²) in [6, 6.07) is 18.3. The summed E-state index contributed by atoms with van der Waals surface area (Å²) in [5, 5.41) is 17.3. The number of aromatic nitrogens is 1. The van der Waals surface area contributed by atoms with Crippen molar-refractivity contribution in [2.75, 3.05) is 5.32 Å². The van der Waals surface area contributed by atoms with Crippen molar-refractivity contribution in [3.05, 3.63) is 106 Å². The number of nitrogens with one attached hydrogen (secondary N) is 2. The molecular formula is C25H21FN4O4. The second kappa shape index (κ2) is 9.53. The third-order valence-electron chi connectivity index (χ3n) is 5.43. The monoisotopic (exact) mass is 460 g/mol. The molecule has 172 valence electrons. The Labute approximate surface area is 194 Å². The minimum atomic E-state index is -0.454. The smallest absolute Gasteiger partial charge is 0.270 e. The summed E-state index contributed by atoms with van der Waals surface area (Å²) < 4.78 is 14.7. The van der Waals surface area contributed by atoms with Gasteiger partial charge in [-0.2, -0.15) is 0 Å². The lowest BCUT2D eigenvalue weighted by atomic mass is 10.1. The van der Waals surface area contributed by atoms with Crippen molar-refractivity contribution in [2.24, 2.45) is 0 Å². The molecule has 0 aliphatic heterocycles. The average molecular weight is 460 g/mol. The van der Waals surface area contributed by atoms with Gasteiger partial charge in [0.25, 0.3) is 11.6 Å². The van der Waals surface area contributed by atoms with Crippen molar-refractivity contribution >= 4 is 34.1 Å². The molecule has 0 bridgehead atoms. The van der Waals surface area contributed by atoms with Crippen molar-refractivity contribution in [3.63, 3.8) is 0 Å². The summed E-state index contributed by atoms with van der Waals surface area (Å²) >= 11 is 0. The first-order valence-corrected chi connectivity index (χ1v) is 10.5. The number of non-ortho nitro benzene ring substituents is 1. The summed E-state index contributed by atoms with van der Waals surface area (Å²) in [6.07, 6.45) is 1.72. The second-order valence-electron chi connectivity index (χ2n) is 7.82. The van der Waals surface area contributed by atoms with E-state index in [0.717, 1.165) is 11.1 Å². The van der Waals surface area contributed by atoms with Gasteiger partial charge in [0.05, 0.1) is 11.0 Å². The largest absolute Gasteiger partial charge is 0.348 e. The molecule has 0 fully saturated rings. The van der Waals surface area contributed by atoms with Gasteiger partial charge in [0.1, 0.15) is 12.4 Å². The number of fused-ring (bicyclic) bond motifs is 1. The van der Waals surface area contributed by atoms with Crippen LogP contribution in [0.5, 0.6) is 0 Å². The van der Waals surface area contributed by atoms with Crippen LogP contribution in [0, 0.1) is 15.9 Å². The molecule has 0 aliphatic carbocycles. The van der Waals surface area contributed by atoms with Crippen LogP contribution in [0.25, 0.3) is 10.9 Å². The van der Waals surface area contributed by atoms with E-state index in [1.807, 2.05) is 6.92 Å². The van der Waals surface area contributed by atoms with Crippen molar-refractivity contribution in [3.8, 4) is 0 Å². The summed E-state index contributed by atoms with van der Waals surface area (Å²) in [5.74, 6) is -0.971. The number of carbonyl (C=O) groups excluding carboxylic acids is 2. The van der Waals surface area contributed by atoms with Gasteiger partial charge < -0.3 is 15.2 Å². The van der Waals surface area contributed by atoms with Gasteiger partial charge in [-0.3, -0.25) is 19.7 Å². The lowest BCUT2D eigenvalue weighted by Crippen LogP contribution is -2.29. The molecule has 1 unspecified atom stereocenters. The molecule has 0 saturated carbocycles. The predicted octanol–water partition coefficient (Wildman–Crippen LogP) is 4.82. The normalized spacial score (nSPS) is 11.7. The van der Waals surface area contributed by atoms with E-state index >= 15 is 0 Å². The lowest BCUT2D eigenvalue weighted by molar-refractivity contribution is -0.384. The number of rotatable bonds is 7. The van der Waals surface area contributed by atoms with E-state index in [-0.39, 0.29) is 30.1 Å². The van der Waals surface area contributed by atoms with Gasteiger partial charge in [0.2, 0.25) is 5.91 Å². The van der Waals surface area contributed by atoms with Crippen LogP contribution in [0.1, 0.15) is 28.9 Å². The maximum absolute atomic E-state index is 13.0. The molecule has 8 nitrogen and oxygen atoms in total. The minimum absolute atomic E-state index is 0.000580. The number of nitro groups is 1. The van der Waals surface area contributed by atoms with Gasteiger partial charge in [-0.1, -0.05) is 12.1 Å². The van der Waals surface area contributed by atoms with Gasteiger partial charge in [0, 0.05) is 40.5 Å². The van der Waals surface area contributed by atoms with E-state index in [1.165, 1.54) is 36.4 Å². The van der Waals surface area contributed by atoms with E-state index in [2.05, 4.69) is 10.6 Å². The topological polar surface area (TPSA) is 106 Å². The zero-order chi connectivity index (χ0) is 24.2. The van der Waals surface area contributed by atoms with Crippen LogP contribution in [0.4, 0.5) is 15.8 Å². The third kappa shape index (κ3) is 5.09. The Balaban J connectivity index is 1.36. The van der Waals surface area contributed by atoms with Crippen molar-refractivity contribution in [1.82, 2.24) is 9.88 Å². The molecular weight excluding hydrogens is 439 g/mol. The Morgan fingerprint density at radius 3 is 2.41 bits per heavy atom. The van der Waals surface area contributed by atoms with Crippen LogP contribution in [-0.2, 0) is 11.3 Å². The lowest BCUT2D eigenvalue weighted by Gasteiger charge is -2.16. The maximum Gasteiger partial charge on any atom is 0.270 e. The van der Waals surface area contributed by atoms with Crippen LogP contribution >= 0.6 is 0 Å². The molecule has 1 aromatic heterocycles.